The Kier molecular flexibility index (Phi) is 2.65. The summed E-state index contributed by atoms with van der Waals surface area (Å²) in [6.07, 6.45) is 3.76. The van der Waals surface area contributed by atoms with Gasteiger partial charge in [-0.1, -0.05) is 12.2 Å². The van der Waals surface area contributed by atoms with Gasteiger partial charge < -0.3 is 5.73 Å². The number of nitrogens with zero attached hydrogens (tertiary/aromatic N) is 2. The third-order valence-electron chi connectivity index (χ3n) is 1.61. The standard InChI is InChI=1S/C9H15N3/c1-7(2)5-12-6-9(4-11-12)8(3)10/h4,6,8H,1,5,10H2,2-3H3. The lowest BCUT2D eigenvalue weighted by molar-refractivity contribution is 0.676. The molecule has 0 spiro atoms. The van der Waals surface area contributed by atoms with Crippen molar-refractivity contribution in [1.82, 2.24) is 9.78 Å². The Morgan fingerprint density at radius 3 is 2.92 bits per heavy atom. The highest BCUT2D eigenvalue weighted by molar-refractivity contribution is 5.09. The first-order valence-electron chi connectivity index (χ1n) is 4.02. The highest BCUT2D eigenvalue weighted by Gasteiger charge is 2.01. The van der Waals surface area contributed by atoms with E-state index in [2.05, 4.69) is 11.7 Å². The Morgan fingerprint density at radius 1 is 1.83 bits per heavy atom. The second-order valence-corrected chi connectivity index (χ2v) is 3.22. The molecule has 0 aliphatic heterocycles. The molecule has 0 bridgehead atoms. The van der Waals surface area contributed by atoms with Gasteiger partial charge in [-0.25, -0.2) is 0 Å². The molecule has 0 saturated carbocycles. The first kappa shape index (κ1) is 9.00. The zero-order valence-corrected chi connectivity index (χ0v) is 7.62. The SMILES string of the molecule is C=C(C)Cn1cc(C(C)N)cn1. The molecule has 0 radical (unpaired) electrons. The van der Waals surface area contributed by atoms with Gasteiger partial charge in [0.15, 0.2) is 0 Å². The number of rotatable bonds is 3. The van der Waals surface area contributed by atoms with Crippen LogP contribution in [0.25, 0.3) is 0 Å². The number of hydrogen-bond acceptors (Lipinski definition) is 2. The maximum atomic E-state index is 5.68. The van der Waals surface area contributed by atoms with Gasteiger partial charge >= 0.3 is 0 Å². The van der Waals surface area contributed by atoms with E-state index in [4.69, 9.17) is 5.73 Å². The summed E-state index contributed by atoms with van der Waals surface area (Å²) in [5.41, 5.74) is 7.84. The number of hydrogen-bond donors (Lipinski definition) is 1. The molecule has 3 heteroatoms. The van der Waals surface area contributed by atoms with Crippen molar-refractivity contribution in [3.8, 4) is 0 Å². The summed E-state index contributed by atoms with van der Waals surface area (Å²) in [5.74, 6) is 0. The molecule has 0 aromatic carbocycles. The molecule has 1 rings (SSSR count). The second kappa shape index (κ2) is 3.54. The normalized spacial score (nSPS) is 12.9. The predicted molar refractivity (Wildman–Crippen MR) is 49.6 cm³/mol. The molecule has 1 aromatic heterocycles. The van der Waals surface area contributed by atoms with E-state index in [1.165, 1.54) is 0 Å². The molecule has 2 N–H and O–H groups in total. The Morgan fingerprint density at radius 2 is 2.50 bits per heavy atom. The van der Waals surface area contributed by atoms with Gasteiger partial charge in [0.25, 0.3) is 0 Å². The zero-order chi connectivity index (χ0) is 9.14. The molecule has 12 heavy (non-hydrogen) atoms. The van der Waals surface area contributed by atoms with E-state index in [0.29, 0.717) is 0 Å². The number of allylic oxidation sites excluding steroid dienone is 1. The minimum Gasteiger partial charge on any atom is -0.324 e. The van der Waals surface area contributed by atoms with Gasteiger partial charge in [0.05, 0.1) is 12.7 Å². The molecule has 0 aliphatic rings. The van der Waals surface area contributed by atoms with Crippen molar-refractivity contribution in [2.75, 3.05) is 0 Å². The van der Waals surface area contributed by atoms with E-state index in [9.17, 15) is 0 Å². The highest BCUT2D eigenvalue weighted by Crippen LogP contribution is 2.07. The largest absolute Gasteiger partial charge is 0.324 e. The van der Waals surface area contributed by atoms with Crippen LogP contribution in [0.4, 0.5) is 0 Å². The maximum absolute atomic E-state index is 5.68. The lowest BCUT2D eigenvalue weighted by Gasteiger charge is -2.00. The molecule has 0 fully saturated rings. The Balaban J connectivity index is 2.70. The van der Waals surface area contributed by atoms with Gasteiger partial charge in [-0.3, -0.25) is 4.68 Å². The van der Waals surface area contributed by atoms with E-state index in [0.717, 1.165) is 17.7 Å². The van der Waals surface area contributed by atoms with Crippen molar-refractivity contribution in [2.24, 2.45) is 5.73 Å². The first-order valence-corrected chi connectivity index (χ1v) is 4.02. The fraction of sp³-hybridized carbons (Fsp3) is 0.444. The van der Waals surface area contributed by atoms with Crippen LogP contribution in [0.1, 0.15) is 25.5 Å². The molecular formula is C9H15N3. The average molecular weight is 165 g/mol. The van der Waals surface area contributed by atoms with Crippen LogP contribution < -0.4 is 5.73 Å². The molecule has 1 unspecified atom stereocenters. The van der Waals surface area contributed by atoms with Crippen LogP contribution in [0, 0.1) is 0 Å². The molecular weight excluding hydrogens is 150 g/mol. The van der Waals surface area contributed by atoms with Gasteiger partial charge in [0.1, 0.15) is 0 Å². The van der Waals surface area contributed by atoms with Crippen molar-refractivity contribution in [3.05, 3.63) is 30.1 Å². The van der Waals surface area contributed by atoms with Gasteiger partial charge in [0, 0.05) is 17.8 Å². The first-order chi connectivity index (χ1) is 5.59. The Bertz CT molecular complexity index is 273. The molecule has 0 saturated heterocycles. The monoisotopic (exact) mass is 165 g/mol. The van der Waals surface area contributed by atoms with Crippen LogP contribution in [0.15, 0.2) is 24.5 Å². The smallest absolute Gasteiger partial charge is 0.0614 e. The van der Waals surface area contributed by atoms with E-state index in [1.54, 1.807) is 6.20 Å². The highest BCUT2D eigenvalue weighted by atomic mass is 15.3. The lowest BCUT2D eigenvalue weighted by Crippen LogP contribution is -2.03. The van der Waals surface area contributed by atoms with Crippen LogP contribution in [-0.4, -0.2) is 9.78 Å². The molecule has 3 nitrogen and oxygen atoms in total. The van der Waals surface area contributed by atoms with Crippen LogP contribution in [0.2, 0.25) is 0 Å². The van der Waals surface area contributed by atoms with E-state index in [-0.39, 0.29) is 6.04 Å². The average Bonchev–Trinajstić information content (AvgIpc) is 2.34. The second-order valence-electron chi connectivity index (χ2n) is 3.22. The van der Waals surface area contributed by atoms with Crippen molar-refractivity contribution in [1.29, 1.82) is 0 Å². The third kappa shape index (κ3) is 2.20. The number of nitrogens with two attached hydrogens (primary N) is 1. The van der Waals surface area contributed by atoms with E-state index in [1.807, 2.05) is 24.7 Å². The van der Waals surface area contributed by atoms with Crippen LogP contribution in [0.5, 0.6) is 0 Å². The van der Waals surface area contributed by atoms with Gasteiger partial charge in [0.2, 0.25) is 0 Å². The van der Waals surface area contributed by atoms with Crippen LogP contribution in [0.3, 0.4) is 0 Å². The number of aromatic nitrogens is 2. The fourth-order valence-electron chi connectivity index (χ4n) is 0.978. The minimum absolute atomic E-state index is 0.0591. The van der Waals surface area contributed by atoms with Crippen molar-refractivity contribution in [3.63, 3.8) is 0 Å². The summed E-state index contributed by atoms with van der Waals surface area (Å²) in [6, 6.07) is 0.0591. The molecule has 0 amide bonds. The zero-order valence-electron chi connectivity index (χ0n) is 7.62. The van der Waals surface area contributed by atoms with E-state index >= 15 is 0 Å². The lowest BCUT2D eigenvalue weighted by atomic mass is 10.2. The van der Waals surface area contributed by atoms with Gasteiger partial charge in [-0.2, -0.15) is 5.10 Å². The maximum Gasteiger partial charge on any atom is 0.0614 e. The Hall–Kier alpha value is -1.09. The van der Waals surface area contributed by atoms with Crippen LogP contribution in [-0.2, 0) is 6.54 Å². The predicted octanol–water partition coefficient (Wildman–Crippen LogP) is 1.48. The van der Waals surface area contributed by atoms with Gasteiger partial charge in [-0.15, -0.1) is 0 Å². The van der Waals surface area contributed by atoms with Gasteiger partial charge in [-0.05, 0) is 13.8 Å². The summed E-state index contributed by atoms with van der Waals surface area (Å²) >= 11 is 0. The molecule has 1 heterocycles. The third-order valence-corrected chi connectivity index (χ3v) is 1.61. The van der Waals surface area contributed by atoms with E-state index < -0.39 is 0 Å². The molecule has 1 aromatic rings. The topological polar surface area (TPSA) is 43.8 Å². The van der Waals surface area contributed by atoms with Crippen molar-refractivity contribution >= 4 is 0 Å². The molecule has 0 aliphatic carbocycles. The summed E-state index contributed by atoms with van der Waals surface area (Å²) in [7, 11) is 0. The summed E-state index contributed by atoms with van der Waals surface area (Å²) in [5, 5.41) is 4.15. The molecule has 1 atom stereocenters. The molecule has 66 valence electrons. The minimum atomic E-state index is 0.0591. The van der Waals surface area contributed by atoms with Crippen molar-refractivity contribution < 1.29 is 0 Å². The quantitative estimate of drug-likeness (QED) is 0.689. The summed E-state index contributed by atoms with van der Waals surface area (Å²) in [6.45, 7) is 8.51. The Labute approximate surface area is 72.9 Å². The summed E-state index contributed by atoms with van der Waals surface area (Å²) < 4.78 is 1.85. The fourth-order valence-corrected chi connectivity index (χ4v) is 0.978. The summed E-state index contributed by atoms with van der Waals surface area (Å²) in [4.78, 5) is 0. The van der Waals surface area contributed by atoms with Crippen LogP contribution >= 0.6 is 0 Å². The van der Waals surface area contributed by atoms with Crippen molar-refractivity contribution in [2.45, 2.75) is 26.4 Å².